The Hall–Kier alpha value is -2.33. The molecule has 0 aromatic heterocycles. The molecule has 1 fully saturated rings. The van der Waals surface area contributed by atoms with Crippen molar-refractivity contribution in [2.75, 3.05) is 20.2 Å². The Morgan fingerprint density at radius 2 is 1.69 bits per heavy atom. The van der Waals surface area contributed by atoms with Gasteiger partial charge in [-0.15, -0.1) is 0 Å². The van der Waals surface area contributed by atoms with Crippen LogP contribution in [-0.4, -0.2) is 31.0 Å². The van der Waals surface area contributed by atoms with Crippen LogP contribution < -0.4 is 10.1 Å². The summed E-state index contributed by atoms with van der Waals surface area (Å²) in [7, 11) is 1.65. The standard InChI is InChI=1S/C22H28N2O2/c1-17(19-10-12-21(26-2)13-11-19)23-22(25)20-8-6-18(7-9-20)16-24-14-4-3-5-15-24/h6-13,17H,3-5,14-16H2,1-2H3,(H,23,25). The number of ether oxygens (including phenoxy) is 1. The van der Waals surface area contributed by atoms with Crippen molar-refractivity contribution in [3.8, 4) is 5.75 Å². The molecule has 4 heteroatoms. The number of piperidine rings is 1. The summed E-state index contributed by atoms with van der Waals surface area (Å²) in [6.07, 6.45) is 3.94. The van der Waals surface area contributed by atoms with E-state index in [0.717, 1.165) is 17.9 Å². The molecule has 1 N–H and O–H groups in total. The smallest absolute Gasteiger partial charge is 0.251 e. The zero-order chi connectivity index (χ0) is 18.4. The van der Waals surface area contributed by atoms with Crippen molar-refractivity contribution in [1.82, 2.24) is 10.2 Å². The van der Waals surface area contributed by atoms with Gasteiger partial charge in [0.05, 0.1) is 13.2 Å². The van der Waals surface area contributed by atoms with E-state index >= 15 is 0 Å². The van der Waals surface area contributed by atoms with Gasteiger partial charge in [0.25, 0.3) is 5.91 Å². The highest BCUT2D eigenvalue weighted by Gasteiger charge is 2.13. The fourth-order valence-electron chi connectivity index (χ4n) is 3.39. The van der Waals surface area contributed by atoms with Crippen molar-refractivity contribution in [3.63, 3.8) is 0 Å². The zero-order valence-electron chi connectivity index (χ0n) is 15.7. The number of amides is 1. The fourth-order valence-corrected chi connectivity index (χ4v) is 3.39. The van der Waals surface area contributed by atoms with Gasteiger partial charge in [-0.2, -0.15) is 0 Å². The molecule has 1 amide bonds. The third-order valence-corrected chi connectivity index (χ3v) is 5.03. The number of carbonyl (C=O) groups excluding carboxylic acids is 1. The summed E-state index contributed by atoms with van der Waals surface area (Å²) >= 11 is 0. The van der Waals surface area contributed by atoms with Gasteiger partial charge in [0.1, 0.15) is 5.75 Å². The molecule has 1 unspecified atom stereocenters. The number of benzene rings is 2. The van der Waals surface area contributed by atoms with Gasteiger partial charge in [-0.3, -0.25) is 9.69 Å². The normalized spacial score (nSPS) is 16.1. The molecular formula is C22H28N2O2. The molecule has 0 spiro atoms. The summed E-state index contributed by atoms with van der Waals surface area (Å²) in [5, 5.41) is 3.06. The molecule has 4 nitrogen and oxygen atoms in total. The Kier molecular flexibility index (Phi) is 6.29. The van der Waals surface area contributed by atoms with Crippen molar-refractivity contribution in [2.45, 2.75) is 38.8 Å². The maximum absolute atomic E-state index is 12.5. The number of rotatable bonds is 6. The van der Waals surface area contributed by atoms with Crippen LogP contribution in [0.1, 0.15) is 53.7 Å². The van der Waals surface area contributed by atoms with Crippen molar-refractivity contribution >= 4 is 5.91 Å². The highest BCUT2D eigenvalue weighted by atomic mass is 16.5. The van der Waals surface area contributed by atoms with Gasteiger partial charge in [0.15, 0.2) is 0 Å². The molecule has 3 rings (SSSR count). The first kappa shape index (κ1) is 18.5. The summed E-state index contributed by atoms with van der Waals surface area (Å²) in [4.78, 5) is 15.0. The number of hydrogen-bond donors (Lipinski definition) is 1. The Balaban J connectivity index is 1.56. The lowest BCUT2D eigenvalue weighted by atomic mass is 10.1. The van der Waals surface area contributed by atoms with Gasteiger partial charge in [0.2, 0.25) is 0 Å². The summed E-state index contributed by atoms with van der Waals surface area (Å²) in [6.45, 7) is 5.33. The molecule has 0 saturated carbocycles. The lowest BCUT2D eigenvalue weighted by molar-refractivity contribution is 0.0940. The van der Waals surface area contributed by atoms with Crippen LogP contribution in [0, 0.1) is 0 Å². The molecule has 26 heavy (non-hydrogen) atoms. The molecule has 1 aliphatic rings. The Bertz CT molecular complexity index is 704. The molecule has 1 saturated heterocycles. The molecule has 0 radical (unpaired) electrons. The first-order chi connectivity index (χ1) is 12.7. The predicted molar refractivity (Wildman–Crippen MR) is 104 cm³/mol. The lowest BCUT2D eigenvalue weighted by Gasteiger charge is -2.26. The summed E-state index contributed by atoms with van der Waals surface area (Å²) in [5.41, 5.74) is 3.03. The van der Waals surface area contributed by atoms with Gasteiger partial charge >= 0.3 is 0 Å². The minimum absolute atomic E-state index is 0.0437. The number of methoxy groups -OCH3 is 1. The quantitative estimate of drug-likeness (QED) is 0.848. The van der Waals surface area contributed by atoms with E-state index in [1.807, 2.05) is 43.3 Å². The molecule has 0 aliphatic carbocycles. The number of hydrogen-bond acceptors (Lipinski definition) is 3. The zero-order valence-corrected chi connectivity index (χ0v) is 15.7. The van der Waals surface area contributed by atoms with Gasteiger partial charge < -0.3 is 10.1 Å². The van der Waals surface area contributed by atoms with Crippen molar-refractivity contribution in [1.29, 1.82) is 0 Å². The molecule has 0 bridgehead atoms. The van der Waals surface area contributed by atoms with Gasteiger partial charge in [-0.05, 0) is 68.2 Å². The van der Waals surface area contributed by atoms with Gasteiger partial charge in [-0.1, -0.05) is 30.7 Å². The monoisotopic (exact) mass is 352 g/mol. The van der Waals surface area contributed by atoms with E-state index in [2.05, 4.69) is 22.3 Å². The average molecular weight is 352 g/mol. The molecule has 1 atom stereocenters. The molecular weight excluding hydrogens is 324 g/mol. The van der Waals surface area contributed by atoms with Crippen LogP contribution in [0.2, 0.25) is 0 Å². The summed E-state index contributed by atoms with van der Waals surface area (Å²) in [5.74, 6) is 0.773. The first-order valence-corrected chi connectivity index (χ1v) is 9.42. The van der Waals surface area contributed by atoms with Crippen molar-refractivity contribution in [3.05, 3.63) is 65.2 Å². The Morgan fingerprint density at radius 3 is 2.31 bits per heavy atom. The maximum atomic E-state index is 12.5. The summed E-state index contributed by atoms with van der Waals surface area (Å²) in [6, 6.07) is 15.7. The van der Waals surface area contributed by atoms with Crippen LogP contribution in [0.3, 0.4) is 0 Å². The maximum Gasteiger partial charge on any atom is 0.251 e. The van der Waals surface area contributed by atoms with E-state index in [1.165, 1.54) is 37.9 Å². The lowest BCUT2D eigenvalue weighted by Crippen LogP contribution is -2.29. The van der Waals surface area contributed by atoms with E-state index in [1.54, 1.807) is 7.11 Å². The second kappa shape index (κ2) is 8.86. The van der Waals surface area contributed by atoms with E-state index in [-0.39, 0.29) is 11.9 Å². The van der Waals surface area contributed by atoms with Crippen LogP contribution in [-0.2, 0) is 6.54 Å². The highest BCUT2D eigenvalue weighted by Crippen LogP contribution is 2.18. The van der Waals surface area contributed by atoms with Crippen LogP contribution in [0.15, 0.2) is 48.5 Å². The third kappa shape index (κ3) is 4.85. The van der Waals surface area contributed by atoms with Crippen LogP contribution in [0.5, 0.6) is 5.75 Å². The number of nitrogens with zero attached hydrogens (tertiary/aromatic N) is 1. The van der Waals surface area contributed by atoms with Crippen LogP contribution in [0.25, 0.3) is 0 Å². The number of likely N-dealkylation sites (tertiary alicyclic amines) is 1. The topological polar surface area (TPSA) is 41.6 Å². The fraction of sp³-hybridized carbons (Fsp3) is 0.409. The van der Waals surface area contributed by atoms with Crippen molar-refractivity contribution in [2.24, 2.45) is 0 Å². The minimum Gasteiger partial charge on any atom is -0.497 e. The molecule has 1 heterocycles. The highest BCUT2D eigenvalue weighted by molar-refractivity contribution is 5.94. The van der Waals surface area contributed by atoms with Crippen LogP contribution in [0.4, 0.5) is 0 Å². The minimum atomic E-state index is -0.0542. The van der Waals surface area contributed by atoms with Gasteiger partial charge in [0, 0.05) is 12.1 Å². The predicted octanol–water partition coefficient (Wildman–Crippen LogP) is 4.17. The van der Waals surface area contributed by atoms with Crippen LogP contribution >= 0.6 is 0 Å². The largest absolute Gasteiger partial charge is 0.497 e. The Morgan fingerprint density at radius 1 is 1.04 bits per heavy atom. The second-order valence-corrected chi connectivity index (χ2v) is 7.00. The molecule has 2 aromatic carbocycles. The van der Waals surface area contributed by atoms with E-state index in [9.17, 15) is 4.79 Å². The Labute approximate surface area is 156 Å². The molecule has 138 valence electrons. The number of carbonyl (C=O) groups is 1. The second-order valence-electron chi connectivity index (χ2n) is 7.00. The summed E-state index contributed by atoms with van der Waals surface area (Å²) < 4.78 is 5.17. The first-order valence-electron chi connectivity index (χ1n) is 9.42. The van der Waals surface area contributed by atoms with E-state index in [4.69, 9.17) is 4.74 Å². The van der Waals surface area contributed by atoms with Gasteiger partial charge in [-0.25, -0.2) is 0 Å². The SMILES string of the molecule is COc1ccc(C(C)NC(=O)c2ccc(CN3CCCCC3)cc2)cc1. The molecule has 2 aromatic rings. The average Bonchev–Trinajstić information content (AvgIpc) is 2.69. The number of nitrogens with one attached hydrogen (secondary N) is 1. The van der Waals surface area contributed by atoms with E-state index in [0.29, 0.717) is 5.56 Å². The van der Waals surface area contributed by atoms with E-state index < -0.39 is 0 Å². The molecule has 1 aliphatic heterocycles. The third-order valence-electron chi connectivity index (χ3n) is 5.03. The van der Waals surface area contributed by atoms with Crippen molar-refractivity contribution < 1.29 is 9.53 Å².